The number of hydrogen-bond donors (Lipinski definition) is 0. The second-order valence-corrected chi connectivity index (χ2v) is 3.68. The van der Waals surface area contributed by atoms with Gasteiger partial charge in [-0.2, -0.15) is 4.57 Å². The molecule has 0 N–H and O–H groups in total. The Morgan fingerprint density at radius 1 is 1.13 bits per heavy atom. The van der Waals surface area contributed by atoms with Gasteiger partial charge >= 0.3 is 0 Å². The molecular weight excluding hydrogens is 188 g/mol. The van der Waals surface area contributed by atoms with E-state index in [4.69, 9.17) is 0 Å². The maximum atomic E-state index is 11.6. The minimum atomic E-state index is 0.0857. The molecule has 0 unspecified atom stereocenters. The van der Waals surface area contributed by atoms with E-state index in [1.54, 1.807) is 6.07 Å². The molecule has 0 aliphatic carbocycles. The van der Waals surface area contributed by atoms with Gasteiger partial charge in [-0.05, 0) is 12.1 Å². The Kier molecular flexibility index (Phi) is 1.71. The highest BCUT2D eigenvalue weighted by Crippen LogP contribution is 2.15. The summed E-state index contributed by atoms with van der Waals surface area (Å²) in [4.78, 5) is 11.6. The number of aryl methyl sites for hydroxylation is 1. The molecule has 1 aliphatic rings. The summed E-state index contributed by atoms with van der Waals surface area (Å²) < 4.78 is 4.00. The molecule has 0 bridgehead atoms. The van der Waals surface area contributed by atoms with Gasteiger partial charge in [0.2, 0.25) is 5.69 Å². The molecule has 74 valence electrons. The molecule has 3 rings (SSSR count). The number of pyridine rings is 2. The maximum Gasteiger partial charge on any atom is 0.251 e. The first-order valence-electron chi connectivity index (χ1n) is 5.05. The van der Waals surface area contributed by atoms with Crippen LogP contribution in [0.3, 0.4) is 0 Å². The number of nitrogens with zero attached hydrogens (tertiary/aromatic N) is 2. The Morgan fingerprint density at radius 2 is 2.07 bits per heavy atom. The molecule has 3 heteroatoms. The molecule has 1 aliphatic heterocycles. The summed E-state index contributed by atoms with van der Waals surface area (Å²) >= 11 is 0. The largest absolute Gasteiger partial charge is 0.297 e. The van der Waals surface area contributed by atoms with Crippen LogP contribution in [-0.2, 0) is 13.1 Å². The van der Waals surface area contributed by atoms with Crippen molar-refractivity contribution in [2.45, 2.75) is 13.1 Å². The molecule has 2 aromatic rings. The zero-order chi connectivity index (χ0) is 10.3. The van der Waals surface area contributed by atoms with E-state index >= 15 is 0 Å². The van der Waals surface area contributed by atoms with Crippen LogP contribution in [-0.4, -0.2) is 4.57 Å². The maximum absolute atomic E-state index is 11.6. The summed E-state index contributed by atoms with van der Waals surface area (Å²) in [5.74, 6) is 0. The molecule has 3 nitrogen and oxygen atoms in total. The second-order valence-electron chi connectivity index (χ2n) is 3.68. The van der Waals surface area contributed by atoms with Crippen LogP contribution >= 0.6 is 0 Å². The summed E-state index contributed by atoms with van der Waals surface area (Å²) in [6, 6.07) is 11.5. The van der Waals surface area contributed by atoms with E-state index in [0.717, 1.165) is 24.5 Å². The molecule has 3 heterocycles. The van der Waals surface area contributed by atoms with E-state index in [1.807, 2.05) is 34.9 Å². The summed E-state index contributed by atoms with van der Waals surface area (Å²) in [7, 11) is 0. The Balaban J connectivity index is 2.35. The number of fused-ring (bicyclic) bond motifs is 3. The predicted octanol–water partition coefficient (Wildman–Crippen LogP) is 0.816. The second kappa shape index (κ2) is 3.05. The first kappa shape index (κ1) is 8.41. The highest BCUT2D eigenvalue weighted by Gasteiger charge is 2.21. The molecule has 0 spiro atoms. The lowest BCUT2D eigenvalue weighted by atomic mass is 10.2. The van der Waals surface area contributed by atoms with Crippen LogP contribution in [0.4, 0.5) is 0 Å². The van der Waals surface area contributed by atoms with Gasteiger partial charge in [0.15, 0.2) is 12.7 Å². The topological polar surface area (TPSA) is 25.9 Å². The van der Waals surface area contributed by atoms with Crippen LogP contribution in [0.5, 0.6) is 0 Å². The van der Waals surface area contributed by atoms with Crippen LogP contribution in [0.2, 0.25) is 0 Å². The smallest absolute Gasteiger partial charge is 0.251 e. The number of hydrogen-bond acceptors (Lipinski definition) is 1. The fourth-order valence-electron chi connectivity index (χ4n) is 2.09. The lowest BCUT2D eigenvalue weighted by molar-refractivity contribution is -0.690. The van der Waals surface area contributed by atoms with E-state index < -0.39 is 0 Å². The normalized spacial score (nSPS) is 13.1. The summed E-state index contributed by atoms with van der Waals surface area (Å²) in [5, 5.41) is 0. The summed E-state index contributed by atoms with van der Waals surface area (Å²) in [6.45, 7) is 1.63. The highest BCUT2D eigenvalue weighted by atomic mass is 16.1. The Hall–Kier alpha value is -1.90. The number of aromatic nitrogens is 2. The summed E-state index contributed by atoms with van der Waals surface area (Å²) in [6.07, 6.45) is 2.05. The van der Waals surface area contributed by atoms with E-state index in [-0.39, 0.29) is 5.56 Å². The molecule has 0 saturated heterocycles. The van der Waals surface area contributed by atoms with Gasteiger partial charge in [-0.3, -0.25) is 9.36 Å². The van der Waals surface area contributed by atoms with Crippen molar-refractivity contribution in [2.75, 3.05) is 0 Å². The summed E-state index contributed by atoms with van der Waals surface area (Å²) in [5.41, 5.74) is 2.21. The van der Waals surface area contributed by atoms with Crippen LogP contribution in [0, 0.1) is 0 Å². The minimum Gasteiger partial charge on any atom is -0.297 e. The zero-order valence-electron chi connectivity index (χ0n) is 8.26. The zero-order valence-corrected chi connectivity index (χ0v) is 8.26. The average molecular weight is 199 g/mol. The Labute approximate surface area is 87.2 Å². The molecule has 2 aromatic heterocycles. The monoisotopic (exact) mass is 199 g/mol. The predicted molar refractivity (Wildman–Crippen MR) is 56.3 cm³/mol. The van der Waals surface area contributed by atoms with Crippen molar-refractivity contribution in [1.29, 1.82) is 0 Å². The molecule has 0 saturated carbocycles. The molecule has 0 fully saturated rings. The van der Waals surface area contributed by atoms with Crippen molar-refractivity contribution >= 4 is 0 Å². The van der Waals surface area contributed by atoms with Crippen molar-refractivity contribution in [3.05, 3.63) is 52.9 Å². The third kappa shape index (κ3) is 1.20. The van der Waals surface area contributed by atoms with E-state index in [2.05, 4.69) is 10.8 Å². The van der Waals surface area contributed by atoms with Gasteiger partial charge in [0.1, 0.15) is 5.69 Å². The van der Waals surface area contributed by atoms with Crippen molar-refractivity contribution < 1.29 is 4.57 Å². The van der Waals surface area contributed by atoms with Gasteiger partial charge in [-0.1, -0.05) is 6.07 Å². The molecule has 15 heavy (non-hydrogen) atoms. The van der Waals surface area contributed by atoms with Crippen LogP contribution in [0.15, 0.2) is 47.4 Å². The van der Waals surface area contributed by atoms with Crippen LogP contribution in [0.25, 0.3) is 11.4 Å². The van der Waals surface area contributed by atoms with Gasteiger partial charge < -0.3 is 0 Å². The third-order valence-corrected chi connectivity index (χ3v) is 2.82. The average Bonchev–Trinajstić information content (AvgIpc) is 2.29. The van der Waals surface area contributed by atoms with Gasteiger partial charge in [0, 0.05) is 18.2 Å². The van der Waals surface area contributed by atoms with Gasteiger partial charge in [-0.25, -0.2) is 0 Å². The van der Waals surface area contributed by atoms with Crippen LogP contribution < -0.4 is 10.1 Å². The lowest BCUT2D eigenvalue weighted by Crippen LogP contribution is -2.44. The standard InChI is InChI=1S/C12H11N2O/c15-12-6-3-5-11-10-4-1-2-7-13(10)8-9-14(11)12/h1-7H,8-9H2/q+1. The van der Waals surface area contributed by atoms with E-state index in [1.165, 1.54) is 0 Å². The van der Waals surface area contributed by atoms with Crippen molar-refractivity contribution in [2.24, 2.45) is 0 Å². The van der Waals surface area contributed by atoms with Crippen molar-refractivity contribution in [3.63, 3.8) is 0 Å². The minimum absolute atomic E-state index is 0.0857. The fourth-order valence-corrected chi connectivity index (χ4v) is 2.09. The molecule has 0 atom stereocenters. The molecule has 0 aromatic carbocycles. The quantitative estimate of drug-likeness (QED) is 0.577. The number of rotatable bonds is 0. The SMILES string of the molecule is O=c1cccc2n1CC[n+]1ccccc1-2. The first-order chi connectivity index (χ1) is 7.36. The van der Waals surface area contributed by atoms with Crippen molar-refractivity contribution in [1.82, 2.24) is 4.57 Å². The molecular formula is C12H11N2O+. The fraction of sp³-hybridized carbons (Fsp3) is 0.167. The highest BCUT2D eigenvalue weighted by molar-refractivity contribution is 5.51. The Bertz CT molecular complexity index is 572. The lowest BCUT2D eigenvalue weighted by Gasteiger charge is -2.15. The third-order valence-electron chi connectivity index (χ3n) is 2.82. The van der Waals surface area contributed by atoms with Gasteiger partial charge in [0.25, 0.3) is 5.56 Å². The van der Waals surface area contributed by atoms with Crippen LogP contribution in [0.1, 0.15) is 0 Å². The molecule has 0 radical (unpaired) electrons. The van der Waals surface area contributed by atoms with Crippen molar-refractivity contribution in [3.8, 4) is 11.4 Å². The molecule has 0 amide bonds. The first-order valence-corrected chi connectivity index (χ1v) is 5.05. The Morgan fingerprint density at radius 3 is 3.00 bits per heavy atom. The van der Waals surface area contributed by atoms with E-state index in [9.17, 15) is 4.79 Å². The van der Waals surface area contributed by atoms with E-state index in [0.29, 0.717) is 0 Å². The van der Waals surface area contributed by atoms with Gasteiger partial charge in [0.05, 0.1) is 6.54 Å². The van der Waals surface area contributed by atoms with Gasteiger partial charge in [-0.15, -0.1) is 0 Å².